The number of hydrogen-bond donors (Lipinski definition) is 1. The maximum absolute atomic E-state index is 12.0. The van der Waals surface area contributed by atoms with Crippen LogP contribution in [0.15, 0.2) is 41.0 Å². The molecule has 0 aliphatic carbocycles. The predicted octanol–water partition coefficient (Wildman–Crippen LogP) is 2.29. The van der Waals surface area contributed by atoms with E-state index in [0.29, 0.717) is 18.5 Å². The number of benzene rings is 1. The van der Waals surface area contributed by atoms with Crippen molar-refractivity contribution in [3.05, 3.63) is 42.5 Å². The zero-order valence-electron chi connectivity index (χ0n) is 10.5. The lowest BCUT2D eigenvalue weighted by Gasteiger charge is -2.08. The summed E-state index contributed by atoms with van der Waals surface area (Å²) in [5.41, 5.74) is 1.48. The number of ketones is 1. The van der Waals surface area contributed by atoms with Crippen LogP contribution in [0.2, 0.25) is 0 Å². The van der Waals surface area contributed by atoms with Gasteiger partial charge in [-0.15, -0.1) is 0 Å². The number of Topliss-reactive ketones (excluding diaryl/α,β-unsaturated/α-hetero) is 1. The van der Waals surface area contributed by atoms with E-state index in [1.165, 1.54) is 6.26 Å². The summed E-state index contributed by atoms with van der Waals surface area (Å²) in [4.78, 5) is 26.6. The second-order valence-corrected chi connectivity index (χ2v) is 4.01. The first-order valence-electron chi connectivity index (χ1n) is 6.01. The monoisotopic (exact) mass is 260 g/mol. The van der Waals surface area contributed by atoms with Crippen molar-refractivity contribution in [2.24, 2.45) is 0 Å². The molecule has 0 aliphatic heterocycles. The smallest absolute Gasteiger partial charge is 0.265 e. The number of rotatable bonds is 6. The highest BCUT2D eigenvalue weighted by Gasteiger charge is 2.22. The van der Waals surface area contributed by atoms with E-state index in [2.05, 4.69) is 10.3 Å². The van der Waals surface area contributed by atoms with Crippen molar-refractivity contribution in [3.63, 3.8) is 0 Å². The van der Waals surface area contributed by atoms with Crippen LogP contribution in [-0.4, -0.2) is 23.2 Å². The summed E-state index contributed by atoms with van der Waals surface area (Å²) >= 11 is 0. The van der Waals surface area contributed by atoms with Crippen LogP contribution >= 0.6 is 0 Å². The van der Waals surface area contributed by atoms with E-state index in [-0.39, 0.29) is 13.1 Å². The molecule has 0 bridgehead atoms. The molecular weight excluding hydrogens is 244 g/mol. The van der Waals surface area contributed by atoms with E-state index in [4.69, 9.17) is 4.42 Å². The second-order valence-electron chi connectivity index (χ2n) is 4.01. The van der Waals surface area contributed by atoms with Gasteiger partial charge in [0.1, 0.15) is 12.0 Å². The molecule has 1 amide bonds. The van der Waals surface area contributed by atoms with Gasteiger partial charge in [-0.1, -0.05) is 37.3 Å². The van der Waals surface area contributed by atoms with Gasteiger partial charge < -0.3 is 9.73 Å². The normalized spacial score (nSPS) is 11.8. The molecule has 0 spiro atoms. The molecule has 1 N–H and O–H groups in total. The van der Waals surface area contributed by atoms with Gasteiger partial charge in [0.15, 0.2) is 0 Å². The Kier molecular flexibility index (Phi) is 4.07. The minimum absolute atomic E-state index is 0. The molecule has 5 heteroatoms. The van der Waals surface area contributed by atoms with Crippen molar-refractivity contribution < 1.29 is 15.4 Å². The Labute approximate surface area is 112 Å². The Hall–Kier alpha value is -2.43. The zero-order chi connectivity index (χ0) is 13.7. The van der Waals surface area contributed by atoms with E-state index in [1.54, 1.807) is 6.92 Å². The number of carbonyl (C=O) groups excluding carboxylic acids is 2. The molecule has 2 aromatic rings. The number of amides is 1. The van der Waals surface area contributed by atoms with Crippen molar-refractivity contribution >= 4 is 12.2 Å². The Morgan fingerprint density at radius 3 is 2.84 bits per heavy atom. The van der Waals surface area contributed by atoms with Gasteiger partial charge in [0.05, 0.1) is 6.04 Å². The Balaban J connectivity index is 0.00000200. The molecule has 19 heavy (non-hydrogen) atoms. The van der Waals surface area contributed by atoms with Crippen LogP contribution in [0.5, 0.6) is 0 Å². The molecule has 1 aromatic heterocycles. The van der Waals surface area contributed by atoms with Crippen LogP contribution in [0.4, 0.5) is 0 Å². The average molecular weight is 260 g/mol. The Morgan fingerprint density at radius 2 is 2.21 bits per heavy atom. The van der Waals surface area contributed by atoms with E-state index in [0.717, 1.165) is 5.56 Å². The quantitative estimate of drug-likeness (QED) is 0.639. The van der Waals surface area contributed by atoms with E-state index in [1.807, 2.05) is 30.3 Å². The summed E-state index contributed by atoms with van der Waals surface area (Å²) in [7, 11) is 0. The van der Waals surface area contributed by atoms with Crippen LogP contribution < -0.4 is 5.32 Å². The molecule has 1 heterocycles. The van der Waals surface area contributed by atoms with Crippen LogP contribution in [0.1, 0.15) is 25.5 Å². The molecule has 0 aliphatic rings. The Morgan fingerprint density at radius 1 is 1.47 bits per heavy atom. The number of nitrogens with one attached hydrogen (secondary N) is 1. The average Bonchev–Trinajstić information content (AvgIpc) is 2.95. The molecule has 2 rings (SSSR count). The Bertz CT molecular complexity index is 569. The van der Waals surface area contributed by atoms with Crippen molar-refractivity contribution in [3.8, 4) is 11.3 Å². The minimum Gasteiger partial charge on any atom is -0.442 e. The van der Waals surface area contributed by atoms with Crippen LogP contribution in [0.3, 0.4) is 0 Å². The first-order chi connectivity index (χ1) is 9.26. The fourth-order valence-corrected chi connectivity index (χ4v) is 1.74. The minimum atomic E-state index is -0.597. The third kappa shape index (κ3) is 2.88. The van der Waals surface area contributed by atoms with E-state index < -0.39 is 6.04 Å². The van der Waals surface area contributed by atoms with E-state index >= 15 is 0 Å². The summed E-state index contributed by atoms with van der Waals surface area (Å²) < 4.78 is 5.19. The third-order valence-corrected chi connectivity index (χ3v) is 2.78. The SMILES string of the molecule is CC[C@H](NC=O)C(=O)c1nc(-c2ccccc2)co1.[HH]. The van der Waals surface area contributed by atoms with Crippen molar-refractivity contribution in [2.75, 3.05) is 0 Å². The molecule has 1 aromatic carbocycles. The van der Waals surface area contributed by atoms with Crippen molar-refractivity contribution in [1.29, 1.82) is 0 Å². The fourth-order valence-electron chi connectivity index (χ4n) is 1.74. The van der Waals surface area contributed by atoms with Gasteiger partial charge in [-0.05, 0) is 6.42 Å². The first kappa shape index (κ1) is 13.0. The van der Waals surface area contributed by atoms with Gasteiger partial charge in [0, 0.05) is 6.99 Å². The van der Waals surface area contributed by atoms with Gasteiger partial charge in [-0.3, -0.25) is 9.59 Å². The maximum atomic E-state index is 12.0. The molecule has 100 valence electrons. The van der Waals surface area contributed by atoms with E-state index in [9.17, 15) is 9.59 Å². The number of carbonyl (C=O) groups is 2. The molecule has 5 nitrogen and oxygen atoms in total. The van der Waals surface area contributed by atoms with Crippen molar-refractivity contribution in [2.45, 2.75) is 19.4 Å². The summed E-state index contributed by atoms with van der Waals surface area (Å²) in [6, 6.07) is 8.83. The number of oxazole rings is 1. The van der Waals surface area contributed by atoms with Crippen molar-refractivity contribution in [1.82, 2.24) is 10.3 Å². The number of nitrogens with zero attached hydrogens (tertiary/aromatic N) is 1. The lowest BCUT2D eigenvalue weighted by molar-refractivity contribution is -0.110. The second kappa shape index (κ2) is 5.95. The van der Waals surface area contributed by atoms with Gasteiger partial charge >= 0.3 is 0 Å². The summed E-state index contributed by atoms with van der Waals surface area (Å²) in [6.45, 7) is 1.81. The molecule has 0 saturated carbocycles. The maximum Gasteiger partial charge on any atom is 0.265 e. The summed E-state index contributed by atoms with van der Waals surface area (Å²) in [6.07, 6.45) is 2.43. The fraction of sp³-hybridized carbons (Fsp3) is 0.214. The predicted molar refractivity (Wildman–Crippen MR) is 71.7 cm³/mol. The highest BCUT2D eigenvalue weighted by atomic mass is 16.3. The van der Waals surface area contributed by atoms with Crippen LogP contribution in [-0.2, 0) is 4.79 Å². The standard InChI is InChI=1S/C14H14N2O3.H2/c1-2-11(15-9-17)13(18)14-16-12(8-19-14)10-6-4-3-5-7-10;/h3-9,11H,2H2,1H3,(H,15,17);1H/t11-;/m0./s1. The summed E-state index contributed by atoms with van der Waals surface area (Å²) in [5, 5.41) is 2.45. The number of aromatic nitrogens is 1. The lowest BCUT2D eigenvalue weighted by Crippen LogP contribution is -2.35. The van der Waals surface area contributed by atoms with Gasteiger partial charge in [0.25, 0.3) is 5.89 Å². The molecular formula is C14H16N2O3. The lowest BCUT2D eigenvalue weighted by atomic mass is 10.1. The van der Waals surface area contributed by atoms with Gasteiger partial charge in [-0.2, -0.15) is 0 Å². The van der Waals surface area contributed by atoms with Crippen LogP contribution in [0, 0.1) is 0 Å². The topological polar surface area (TPSA) is 72.2 Å². The number of hydrogen-bond acceptors (Lipinski definition) is 4. The molecule has 0 unspecified atom stereocenters. The largest absolute Gasteiger partial charge is 0.442 e. The highest BCUT2D eigenvalue weighted by molar-refractivity contribution is 5.97. The molecule has 0 radical (unpaired) electrons. The van der Waals surface area contributed by atoms with Gasteiger partial charge in [-0.25, -0.2) is 4.98 Å². The highest BCUT2D eigenvalue weighted by Crippen LogP contribution is 2.18. The third-order valence-electron chi connectivity index (χ3n) is 2.78. The molecule has 1 atom stereocenters. The van der Waals surface area contributed by atoms with Crippen LogP contribution in [0.25, 0.3) is 11.3 Å². The summed E-state index contributed by atoms with van der Waals surface area (Å²) in [5.74, 6) is -0.308. The zero-order valence-corrected chi connectivity index (χ0v) is 10.5. The first-order valence-corrected chi connectivity index (χ1v) is 6.01. The molecule has 0 saturated heterocycles. The molecule has 0 fully saturated rings. The van der Waals surface area contributed by atoms with Gasteiger partial charge in [0.2, 0.25) is 12.2 Å².